The minimum Gasteiger partial charge on any atom is -0.397 e. The first kappa shape index (κ1) is 23.9. The highest BCUT2D eigenvalue weighted by molar-refractivity contribution is 8.93. The van der Waals surface area contributed by atoms with Gasteiger partial charge in [-0.15, -0.1) is 67.9 Å². The number of rotatable bonds is 0. The molecule has 0 bridgehead atoms. The molecule has 0 atom stereocenters. The van der Waals surface area contributed by atoms with E-state index in [1.54, 1.807) is 12.1 Å². The predicted octanol–water partition coefficient (Wildman–Crippen LogP) is 2.33. The van der Waals surface area contributed by atoms with E-state index in [4.69, 9.17) is 22.9 Å². The van der Waals surface area contributed by atoms with E-state index >= 15 is 0 Å². The Kier molecular flexibility index (Phi) is 16.8. The fourth-order valence-corrected chi connectivity index (χ4v) is 0.668. The van der Waals surface area contributed by atoms with Gasteiger partial charge in [-0.1, -0.05) is 0 Å². The van der Waals surface area contributed by atoms with Crippen molar-refractivity contribution in [1.82, 2.24) is 0 Å². The fourth-order valence-electron chi connectivity index (χ4n) is 0.668. The first-order chi connectivity index (χ1) is 4.61. The van der Waals surface area contributed by atoms with Crippen molar-refractivity contribution in [2.24, 2.45) is 0 Å². The lowest BCUT2D eigenvalue weighted by Crippen LogP contribution is -2.00. The summed E-state index contributed by atoms with van der Waals surface area (Å²) in [5.41, 5.74) is 23.6. The van der Waals surface area contributed by atoms with E-state index in [0.717, 1.165) is 0 Å². The Morgan fingerprint density at radius 3 is 0.786 bits per heavy atom. The number of halogens is 4. The summed E-state index contributed by atoms with van der Waals surface area (Å²) in [5, 5.41) is 0. The highest BCUT2D eigenvalue weighted by Crippen LogP contribution is 2.23. The molecule has 4 nitrogen and oxygen atoms in total. The Hall–Kier alpha value is 0.340. The second-order valence-electron chi connectivity index (χ2n) is 2.11. The summed E-state index contributed by atoms with van der Waals surface area (Å²) in [7, 11) is 0. The van der Waals surface area contributed by atoms with Gasteiger partial charge in [0.2, 0.25) is 0 Å². The van der Waals surface area contributed by atoms with Crippen molar-refractivity contribution in [2.45, 2.75) is 0 Å². The minimum absolute atomic E-state index is 0. The second kappa shape index (κ2) is 9.88. The van der Waals surface area contributed by atoms with Gasteiger partial charge in [-0.2, -0.15) is 0 Å². The van der Waals surface area contributed by atoms with Gasteiger partial charge in [0.05, 0.1) is 22.7 Å². The molecule has 0 aliphatic rings. The zero-order chi connectivity index (χ0) is 7.72. The third kappa shape index (κ3) is 5.94. The van der Waals surface area contributed by atoms with Gasteiger partial charge in [0, 0.05) is 0 Å². The molecule has 0 radical (unpaired) electrons. The van der Waals surface area contributed by atoms with Crippen LogP contribution in [-0.4, -0.2) is 0 Å². The summed E-state index contributed by atoms with van der Waals surface area (Å²) < 4.78 is 0. The van der Waals surface area contributed by atoms with E-state index in [-0.39, 0.29) is 67.9 Å². The van der Waals surface area contributed by atoms with Crippen LogP contribution in [0.15, 0.2) is 12.1 Å². The summed E-state index contributed by atoms with van der Waals surface area (Å²) in [5.74, 6) is 0. The van der Waals surface area contributed by atoms with Gasteiger partial charge in [-0.05, 0) is 12.1 Å². The number of benzene rings is 1. The molecule has 0 aromatic heterocycles. The monoisotopic (exact) mass is 458 g/mol. The molecule has 0 fully saturated rings. The van der Waals surface area contributed by atoms with E-state index in [0.29, 0.717) is 22.7 Å². The molecule has 0 aliphatic heterocycles. The average Bonchev–Trinajstić information content (AvgIpc) is 1.84. The van der Waals surface area contributed by atoms with E-state index in [1.165, 1.54) is 0 Å². The van der Waals surface area contributed by atoms with Crippen molar-refractivity contribution in [3.63, 3.8) is 0 Å². The zero-order valence-corrected chi connectivity index (χ0v) is 13.9. The van der Waals surface area contributed by atoms with Crippen LogP contribution in [0.25, 0.3) is 0 Å². The summed E-state index contributed by atoms with van der Waals surface area (Å²) in [4.78, 5) is 0. The molecular formula is C6H14Br4N4. The molecular weight excluding hydrogens is 448 g/mol. The highest BCUT2D eigenvalue weighted by atomic mass is 79.9. The molecule has 0 spiro atoms. The van der Waals surface area contributed by atoms with Gasteiger partial charge < -0.3 is 22.9 Å². The molecule has 8 heteroatoms. The number of nitrogen functional groups attached to an aromatic ring is 4. The van der Waals surface area contributed by atoms with Crippen LogP contribution < -0.4 is 22.9 Å². The lowest BCUT2D eigenvalue weighted by molar-refractivity contribution is 1.64. The Balaban J connectivity index is -0.000000125. The van der Waals surface area contributed by atoms with Crippen molar-refractivity contribution in [1.29, 1.82) is 0 Å². The summed E-state index contributed by atoms with van der Waals surface area (Å²) in [6, 6.07) is 3.09. The molecule has 1 aromatic rings. The first-order valence-corrected chi connectivity index (χ1v) is 2.81. The molecule has 1 rings (SSSR count). The van der Waals surface area contributed by atoms with Crippen molar-refractivity contribution >= 4 is 90.7 Å². The van der Waals surface area contributed by atoms with Crippen molar-refractivity contribution in [3.8, 4) is 0 Å². The molecule has 0 amide bonds. The zero-order valence-electron chi connectivity index (χ0n) is 7.10. The quantitative estimate of drug-likeness (QED) is 0.445. The standard InChI is InChI=1S/C6H10N4.4BrH/c7-3-1-4(8)6(10)2-5(3)9;;;;/h1-2H,7-10H2;4*1H. The SMILES string of the molecule is Br.Br.Br.Br.Nc1cc(N)c(N)cc1N. The molecule has 0 saturated heterocycles. The number of hydrogen-bond acceptors (Lipinski definition) is 4. The second-order valence-corrected chi connectivity index (χ2v) is 2.11. The fraction of sp³-hybridized carbons (Fsp3) is 0. The van der Waals surface area contributed by atoms with Gasteiger partial charge in [-0.25, -0.2) is 0 Å². The van der Waals surface area contributed by atoms with Crippen LogP contribution in [0, 0.1) is 0 Å². The number of hydrogen-bond donors (Lipinski definition) is 4. The van der Waals surface area contributed by atoms with Crippen molar-refractivity contribution in [2.75, 3.05) is 22.9 Å². The molecule has 14 heavy (non-hydrogen) atoms. The lowest BCUT2D eigenvalue weighted by Gasteiger charge is -2.03. The van der Waals surface area contributed by atoms with Gasteiger partial charge in [0.25, 0.3) is 0 Å². The maximum atomic E-state index is 5.43. The first-order valence-electron chi connectivity index (χ1n) is 2.81. The maximum absolute atomic E-state index is 5.43. The van der Waals surface area contributed by atoms with Crippen molar-refractivity contribution < 1.29 is 0 Å². The summed E-state index contributed by atoms with van der Waals surface area (Å²) in [6.07, 6.45) is 0. The van der Waals surface area contributed by atoms with Gasteiger partial charge in [0.15, 0.2) is 0 Å². The van der Waals surface area contributed by atoms with Crippen LogP contribution in [0.4, 0.5) is 22.7 Å². The molecule has 0 unspecified atom stereocenters. The molecule has 1 aromatic carbocycles. The Labute approximate surface area is 125 Å². The summed E-state index contributed by atoms with van der Waals surface area (Å²) in [6.45, 7) is 0. The molecule has 0 saturated carbocycles. The molecule has 0 heterocycles. The Morgan fingerprint density at radius 1 is 0.500 bits per heavy atom. The third-order valence-electron chi connectivity index (χ3n) is 1.29. The topological polar surface area (TPSA) is 104 Å². The van der Waals surface area contributed by atoms with Gasteiger partial charge in [0.1, 0.15) is 0 Å². The van der Waals surface area contributed by atoms with Gasteiger partial charge >= 0.3 is 0 Å². The molecule has 8 N–H and O–H groups in total. The van der Waals surface area contributed by atoms with Gasteiger partial charge in [-0.3, -0.25) is 0 Å². The Bertz CT molecular complexity index is 218. The van der Waals surface area contributed by atoms with E-state index < -0.39 is 0 Å². The maximum Gasteiger partial charge on any atom is 0.0570 e. The predicted molar refractivity (Wildman–Crippen MR) is 85.4 cm³/mol. The average molecular weight is 462 g/mol. The van der Waals surface area contributed by atoms with Crippen LogP contribution >= 0.6 is 67.9 Å². The smallest absolute Gasteiger partial charge is 0.0570 e. The number of anilines is 4. The number of nitrogens with two attached hydrogens (primary N) is 4. The molecule has 86 valence electrons. The van der Waals surface area contributed by atoms with E-state index in [9.17, 15) is 0 Å². The normalized spacial score (nSPS) is 6.86. The van der Waals surface area contributed by atoms with Crippen LogP contribution in [0.2, 0.25) is 0 Å². The highest BCUT2D eigenvalue weighted by Gasteiger charge is 1.97. The van der Waals surface area contributed by atoms with Crippen LogP contribution in [-0.2, 0) is 0 Å². The third-order valence-corrected chi connectivity index (χ3v) is 1.29. The van der Waals surface area contributed by atoms with Crippen LogP contribution in [0.1, 0.15) is 0 Å². The lowest BCUT2D eigenvalue weighted by atomic mass is 10.2. The van der Waals surface area contributed by atoms with Crippen molar-refractivity contribution in [3.05, 3.63) is 12.1 Å². The Morgan fingerprint density at radius 2 is 0.643 bits per heavy atom. The summed E-state index contributed by atoms with van der Waals surface area (Å²) >= 11 is 0. The van der Waals surface area contributed by atoms with E-state index in [2.05, 4.69) is 0 Å². The largest absolute Gasteiger partial charge is 0.397 e. The molecule has 0 aliphatic carbocycles. The van der Waals surface area contributed by atoms with E-state index in [1.807, 2.05) is 0 Å². The van der Waals surface area contributed by atoms with Crippen LogP contribution in [0.3, 0.4) is 0 Å². The minimum atomic E-state index is 0. The van der Waals surface area contributed by atoms with Crippen LogP contribution in [0.5, 0.6) is 0 Å².